The third-order valence-electron chi connectivity index (χ3n) is 2.65. The molecule has 0 heterocycles. The molecule has 1 nitrogen and oxygen atoms in total. The fourth-order valence-electron chi connectivity index (χ4n) is 1.66. The summed E-state index contributed by atoms with van der Waals surface area (Å²) in [6.45, 7) is 4.03. The average molecular weight is 281 g/mol. The van der Waals surface area contributed by atoms with Crippen molar-refractivity contribution in [3.8, 4) is 11.5 Å². The zero-order chi connectivity index (χ0) is 13.1. The molecule has 0 aliphatic carbocycles. The molecule has 2 aromatic carbocycles. The number of alkyl halides is 2. The second-order valence-electron chi connectivity index (χ2n) is 4.26. The quantitative estimate of drug-likeness (QED) is 0.668. The second-order valence-corrected chi connectivity index (χ2v) is 5.35. The molecule has 94 valence electrons. The summed E-state index contributed by atoms with van der Waals surface area (Å²) >= 11 is 11.9. The molecule has 0 bridgehead atoms. The van der Waals surface area contributed by atoms with Crippen molar-refractivity contribution in [2.75, 3.05) is 0 Å². The maximum Gasteiger partial charge on any atom is 0.136 e. The third kappa shape index (κ3) is 3.18. The number of aryl methyl sites for hydroxylation is 2. The number of hydrogen-bond acceptors (Lipinski definition) is 1. The SMILES string of the molecule is Cc1ccc(Oc2ccc(C)cc2C(Cl)Cl)cc1. The molecule has 0 aliphatic rings. The van der Waals surface area contributed by atoms with E-state index in [0.29, 0.717) is 5.75 Å². The Labute approximate surface area is 117 Å². The highest BCUT2D eigenvalue weighted by molar-refractivity contribution is 6.44. The molecule has 18 heavy (non-hydrogen) atoms. The summed E-state index contributed by atoms with van der Waals surface area (Å²) in [5, 5.41) is 0. The van der Waals surface area contributed by atoms with Crippen LogP contribution in [0.4, 0.5) is 0 Å². The van der Waals surface area contributed by atoms with Crippen LogP contribution in [0.3, 0.4) is 0 Å². The molecule has 2 aromatic rings. The van der Waals surface area contributed by atoms with Crippen LogP contribution in [0, 0.1) is 13.8 Å². The summed E-state index contributed by atoms with van der Waals surface area (Å²) in [5.74, 6) is 1.47. The standard InChI is InChI=1S/C15H14Cl2O/c1-10-3-6-12(7-4-10)18-14-8-5-11(2)9-13(14)15(16)17/h3-9,15H,1-2H3. The topological polar surface area (TPSA) is 9.23 Å². The maximum absolute atomic E-state index is 5.96. The van der Waals surface area contributed by atoms with Crippen LogP contribution < -0.4 is 4.74 Å². The lowest BCUT2D eigenvalue weighted by Crippen LogP contribution is -1.92. The van der Waals surface area contributed by atoms with Gasteiger partial charge in [-0.05, 0) is 38.1 Å². The van der Waals surface area contributed by atoms with Gasteiger partial charge in [0, 0.05) is 5.56 Å². The van der Waals surface area contributed by atoms with E-state index in [-0.39, 0.29) is 0 Å². The summed E-state index contributed by atoms with van der Waals surface area (Å²) in [4.78, 5) is -0.592. The summed E-state index contributed by atoms with van der Waals surface area (Å²) < 4.78 is 5.81. The molecule has 0 aromatic heterocycles. The minimum absolute atomic E-state index is 0.592. The summed E-state index contributed by atoms with van der Waals surface area (Å²) in [6, 6.07) is 13.7. The van der Waals surface area contributed by atoms with Gasteiger partial charge in [0.2, 0.25) is 0 Å². The van der Waals surface area contributed by atoms with E-state index in [1.807, 2.05) is 56.3 Å². The van der Waals surface area contributed by atoms with E-state index >= 15 is 0 Å². The first-order chi connectivity index (χ1) is 8.56. The Morgan fingerprint density at radius 1 is 0.889 bits per heavy atom. The van der Waals surface area contributed by atoms with Gasteiger partial charge in [-0.15, -0.1) is 0 Å². The lowest BCUT2D eigenvalue weighted by molar-refractivity contribution is 0.477. The van der Waals surface area contributed by atoms with E-state index in [9.17, 15) is 0 Å². The van der Waals surface area contributed by atoms with Gasteiger partial charge in [-0.25, -0.2) is 0 Å². The zero-order valence-corrected chi connectivity index (χ0v) is 11.8. The molecule has 3 heteroatoms. The van der Waals surface area contributed by atoms with E-state index in [1.165, 1.54) is 5.56 Å². The Morgan fingerprint density at radius 2 is 1.50 bits per heavy atom. The minimum Gasteiger partial charge on any atom is -0.457 e. The van der Waals surface area contributed by atoms with Crippen molar-refractivity contribution in [3.05, 3.63) is 59.2 Å². The molecule has 2 rings (SSSR count). The summed E-state index contributed by atoms with van der Waals surface area (Å²) in [6.07, 6.45) is 0. The van der Waals surface area contributed by atoms with Crippen molar-refractivity contribution in [2.24, 2.45) is 0 Å². The van der Waals surface area contributed by atoms with Crippen LogP contribution in [0.1, 0.15) is 21.5 Å². The van der Waals surface area contributed by atoms with E-state index in [1.54, 1.807) is 0 Å². The van der Waals surface area contributed by atoms with Gasteiger partial charge in [-0.2, -0.15) is 0 Å². The molecule has 0 amide bonds. The highest BCUT2D eigenvalue weighted by atomic mass is 35.5. The van der Waals surface area contributed by atoms with Crippen LogP contribution in [-0.2, 0) is 0 Å². The van der Waals surface area contributed by atoms with E-state index in [4.69, 9.17) is 27.9 Å². The smallest absolute Gasteiger partial charge is 0.136 e. The third-order valence-corrected chi connectivity index (χ3v) is 3.12. The summed E-state index contributed by atoms with van der Waals surface area (Å²) in [5.41, 5.74) is 3.09. The van der Waals surface area contributed by atoms with Crippen LogP contribution >= 0.6 is 23.2 Å². The molecule has 0 aliphatic heterocycles. The number of benzene rings is 2. The molecule has 0 N–H and O–H groups in total. The Morgan fingerprint density at radius 3 is 2.11 bits per heavy atom. The maximum atomic E-state index is 5.96. The lowest BCUT2D eigenvalue weighted by Gasteiger charge is -2.12. The molecule has 0 atom stereocenters. The van der Waals surface area contributed by atoms with Crippen molar-refractivity contribution in [2.45, 2.75) is 18.7 Å². The van der Waals surface area contributed by atoms with Gasteiger partial charge in [-0.3, -0.25) is 0 Å². The van der Waals surface area contributed by atoms with Gasteiger partial charge < -0.3 is 4.74 Å². The van der Waals surface area contributed by atoms with Crippen LogP contribution in [0.25, 0.3) is 0 Å². The van der Waals surface area contributed by atoms with E-state index < -0.39 is 4.84 Å². The van der Waals surface area contributed by atoms with Crippen molar-refractivity contribution in [1.29, 1.82) is 0 Å². The molecule has 0 radical (unpaired) electrons. The number of hydrogen-bond donors (Lipinski definition) is 0. The number of ether oxygens (including phenoxy) is 1. The van der Waals surface area contributed by atoms with E-state index in [2.05, 4.69) is 0 Å². The van der Waals surface area contributed by atoms with Crippen molar-refractivity contribution in [1.82, 2.24) is 0 Å². The van der Waals surface area contributed by atoms with Gasteiger partial charge in [0.15, 0.2) is 0 Å². The molecular weight excluding hydrogens is 267 g/mol. The highest BCUT2D eigenvalue weighted by Gasteiger charge is 2.12. The lowest BCUT2D eigenvalue weighted by atomic mass is 10.1. The van der Waals surface area contributed by atoms with Gasteiger partial charge >= 0.3 is 0 Å². The second kappa shape index (κ2) is 5.64. The monoisotopic (exact) mass is 280 g/mol. The molecule has 0 saturated heterocycles. The summed E-state index contributed by atoms with van der Waals surface area (Å²) in [7, 11) is 0. The molecule has 0 spiro atoms. The predicted molar refractivity (Wildman–Crippen MR) is 76.9 cm³/mol. The normalized spacial score (nSPS) is 10.7. The van der Waals surface area contributed by atoms with Crippen molar-refractivity contribution in [3.63, 3.8) is 0 Å². The predicted octanol–water partition coefficient (Wildman–Crippen LogP) is 5.57. The van der Waals surface area contributed by atoms with Crippen LogP contribution in [0.5, 0.6) is 11.5 Å². The minimum atomic E-state index is -0.592. The Kier molecular flexibility index (Phi) is 4.15. The first-order valence-corrected chi connectivity index (χ1v) is 6.57. The van der Waals surface area contributed by atoms with Crippen molar-refractivity contribution < 1.29 is 4.74 Å². The van der Waals surface area contributed by atoms with Gasteiger partial charge in [0.05, 0.1) is 0 Å². The van der Waals surface area contributed by atoms with Gasteiger partial charge in [0.25, 0.3) is 0 Å². The molecule has 0 saturated carbocycles. The van der Waals surface area contributed by atoms with Crippen LogP contribution in [0.15, 0.2) is 42.5 Å². The van der Waals surface area contributed by atoms with E-state index in [0.717, 1.165) is 16.9 Å². The van der Waals surface area contributed by atoms with Crippen LogP contribution in [-0.4, -0.2) is 0 Å². The first kappa shape index (κ1) is 13.3. The van der Waals surface area contributed by atoms with Gasteiger partial charge in [0.1, 0.15) is 16.3 Å². The largest absolute Gasteiger partial charge is 0.457 e. The fraction of sp³-hybridized carbons (Fsp3) is 0.200. The fourth-order valence-corrected chi connectivity index (χ4v) is 2.01. The Hall–Kier alpha value is -1.18. The molecule has 0 unspecified atom stereocenters. The number of halogens is 2. The average Bonchev–Trinajstić information content (AvgIpc) is 2.34. The number of rotatable bonds is 3. The molecule has 0 fully saturated rings. The van der Waals surface area contributed by atoms with Crippen molar-refractivity contribution >= 4 is 23.2 Å². The van der Waals surface area contributed by atoms with Gasteiger partial charge in [-0.1, -0.05) is 52.5 Å². The highest BCUT2D eigenvalue weighted by Crippen LogP contribution is 2.35. The Bertz CT molecular complexity index is 533. The zero-order valence-electron chi connectivity index (χ0n) is 10.3. The Balaban J connectivity index is 2.31. The molecular formula is C15H14Cl2O. The van der Waals surface area contributed by atoms with Crippen LogP contribution in [0.2, 0.25) is 0 Å². The first-order valence-electron chi connectivity index (χ1n) is 5.69.